The van der Waals surface area contributed by atoms with Gasteiger partial charge in [-0.1, -0.05) is 6.42 Å². The average molecular weight is 337 g/mol. The predicted molar refractivity (Wildman–Crippen MR) is 88.7 cm³/mol. The summed E-state index contributed by atoms with van der Waals surface area (Å²) in [6.07, 6.45) is 7.00. The van der Waals surface area contributed by atoms with E-state index < -0.39 is 0 Å². The molecule has 5 nitrogen and oxygen atoms in total. The largest absolute Gasteiger partial charge is 0.338 e. The summed E-state index contributed by atoms with van der Waals surface area (Å²) >= 11 is 0. The minimum atomic E-state index is 0. The molecule has 0 spiro atoms. The van der Waals surface area contributed by atoms with E-state index in [1.54, 1.807) is 4.68 Å². The second-order valence-electron chi connectivity index (χ2n) is 5.41. The van der Waals surface area contributed by atoms with Gasteiger partial charge < -0.3 is 10.6 Å². The van der Waals surface area contributed by atoms with Crippen molar-refractivity contribution >= 4 is 30.7 Å². The van der Waals surface area contributed by atoms with Crippen LogP contribution in [0.5, 0.6) is 0 Å². The van der Waals surface area contributed by atoms with Crippen LogP contribution in [-0.2, 0) is 18.4 Å². The molecule has 0 aromatic carbocycles. The fourth-order valence-electron chi connectivity index (χ4n) is 3.00. The van der Waals surface area contributed by atoms with E-state index in [0.717, 1.165) is 31.4 Å². The maximum absolute atomic E-state index is 12.6. The van der Waals surface area contributed by atoms with Gasteiger partial charge >= 0.3 is 0 Å². The van der Waals surface area contributed by atoms with Gasteiger partial charge in [0.25, 0.3) is 0 Å². The summed E-state index contributed by atoms with van der Waals surface area (Å²) in [6, 6.07) is 0. The number of hydrogen-bond acceptors (Lipinski definition) is 3. The number of amides is 1. The van der Waals surface area contributed by atoms with Crippen molar-refractivity contribution in [1.29, 1.82) is 0 Å². The van der Waals surface area contributed by atoms with Gasteiger partial charge in [0.1, 0.15) is 0 Å². The predicted octanol–water partition coefficient (Wildman–Crippen LogP) is 1.99. The van der Waals surface area contributed by atoms with E-state index in [2.05, 4.69) is 5.10 Å². The van der Waals surface area contributed by atoms with Gasteiger partial charge in [0.2, 0.25) is 5.91 Å². The number of nitrogens with zero attached hydrogens (tertiary/aromatic N) is 3. The van der Waals surface area contributed by atoms with Gasteiger partial charge in [-0.25, -0.2) is 0 Å². The lowest BCUT2D eigenvalue weighted by molar-refractivity contribution is -0.137. The minimum absolute atomic E-state index is 0. The fourth-order valence-corrected chi connectivity index (χ4v) is 3.00. The summed E-state index contributed by atoms with van der Waals surface area (Å²) < 4.78 is 1.77. The molecule has 1 aliphatic carbocycles. The molecule has 21 heavy (non-hydrogen) atoms. The summed E-state index contributed by atoms with van der Waals surface area (Å²) in [5, 5.41) is 4.15. The molecule has 1 aromatic rings. The Bertz CT molecular complexity index is 438. The highest BCUT2D eigenvalue weighted by molar-refractivity contribution is 5.85. The van der Waals surface area contributed by atoms with E-state index in [4.69, 9.17) is 5.73 Å². The molecule has 1 saturated carbocycles. The molecule has 122 valence electrons. The second kappa shape index (κ2) is 9.28. The van der Waals surface area contributed by atoms with Gasteiger partial charge in [-0.05, 0) is 32.2 Å². The molecule has 2 rings (SSSR count). The van der Waals surface area contributed by atoms with E-state index in [1.807, 2.05) is 31.3 Å². The molecule has 0 saturated heterocycles. The zero-order valence-electron chi connectivity index (χ0n) is 12.7. The molecule has 1 heterocycles. The second-order valence-corrected chi connectivity index (χ2v) is 5.41. The Kier molecular flexibility index (Phi) is 8.94. The Labute approximate surface area is 139 Å². The standard InChI is InChI=1S/C14H24N4O.2ClH/c1-3-18(10-11-8-16-17(2)9-11)14(19)13-6-4-5-12(13)7-15;;/h8-9,12-13H,3-7,10,15H2,1-2H3;2*1H/t12-,13-;;/m1../s1. The molecule has 1 aromatic heterocycles. The van der Waals surface area contributed by atoms with Gasteiger partial charge in [0, 0.05) is 37.8 Å². The Morgan fingerprint density at radius 3 is 2.71 bits per heavy atom. The van der Waals surface area contributed by atoms with Crippen LogP contribution in [0.2, 0.25) is 0 Å². The number of aryl methyl sites for hydroxylation is 1. The van der Waals surface area contributed by atoms with Crippen LogP contribution >= 0.6 is 24.8 Å². The number of nitrogens with two attached hydrogens (primary N) is 1. The van der Waals surface area contributed by atoms with Crippen molar-refractivity contribution in [3.63, 3.8) is 0 Å². The molecule has 0 unspecified atom stereocenters. The molecule has 0 radical (unpaired) electrons. The van der Waals surface area contributed by atoms with E-state index >= 15 is 0 Å². The van der Waals surface area contributed by atoms with Crippen LogP contribution in [-0.4, -0.2) is 33.7 Å². The Morgan fingerprint density at radius 1 is 1.48 bits per heavy atom. The van der Waals surface area contributed by atoms with Gasteiger partial charge in [0.15, 0.2) is 0 Å². The molecule has 1 amide bonds. The molecular weight excluding hydrogens is 311 g/mol. The Morgan fingerprint density at radius 2 is 2.19 bits per heavy atom. The summed E-state index contributed by atoms with van der Waals surface area (Å²) in [7, 11) is 1.89. The topological polar surface area (TPSA) is 64.2 Å². The normalized spacial score (nSPS) is 20.5. The number of rotatable bonds is 5. The van der Waals surface area contributed by atoms with Gasteiger partial charge in [0.05, 0.1) is 6.20 Å². The SMILES string of the molecule is CCN(Cc1cnn(C)c1)C(=O)[C@@H]1CCC[C@@H]1CN.Cl.Cl. The van der Waals surface area contributed by atoms with E-state index in [0.29, 0.717) is 19.0 Å². The third-order valence-corrected chi connectivity index (χ3v) is 4.10. The van der Waals surface area contributed by atoms with Crippen LogP contribution in [0, 0.1) is 11.8 Å². The van der Waals surface area contributed by atoms with E-state index in [-0.39, 0.29) is 36.6 Å². The molecule has 7 heteroatoms. The highest BCUT2D eigenvalue weighted by Gasteiger charge is 2.34. The summed E-state index contributed by atoms with van der Waals surface area (Å²) in [4.78, 5) is 14.5. The van der Waals surface area contributed by atoms with Crippen molar-refractivity contribution in [3.05, 3.63) is 18.0 Å². The first-order valence-electron chi connectivity index (χ1n) is 7.12. The van der Waals surface area contributed by atoms with Crippen molar-refractivity contribution in [1.82, 2.24) is 14.7 Å². The van der Waals surface area contributed by atoms with E-state index in [1.165, 1.54) is 0 Å². The lowest BCUT2D eigenvalue weighted by atomic mass is 9.94. The monoisotopic (exact) mass is 336 g/mol. The maximum Gasteiger partial charge on any atom is 0.226 e. The average Bonchev–Trinajstić information content (AvgIpc) is 3.03. The van der Waals surface area contributed by atoms with Crippen LogP contribution in [0.1, 0.15) is 31.7 Å². The Hall–Kier alpha value is -0.780. The van der Waals surface area contributed by atoms with Crippen molar-refractivity contribution < 1.29 is 4.79 Å². The number of carbonyl (C=O) groups excluding carboxylic acids is 1. The van der Waals surface area contributed by atoms with Crippen molar-refractivity contribution in [2.75, 3.05) is 13.1 Å². The first-order valence-corrected chi connectivity index (χ1v) is 7.12. The van der Waals surface area contributed by atoms with E-state index in [9.17, 15) is 4.79 Å². The number of halogens is 2. The highest BCUT2D eigenvalue weighted by Crippen LogP contribution is 2.32. The first kappa shape index (κ1) is 20.2. The van der Waals surface area contributed by atoms with Crippen molar-refractivity contribution in [2.45, 2.75) is 32.7 Å². The van der Waals surface area contributed by atoms with Crippen molar-refractivity contribution in [2.24, 2.45) is 24.6 Å². The fraction of sp³-hybridized carbons (Fsp3) is 0.714. The van der Waals surface area contributed by atoms with Gasteiger partial charge in [-0.2, -0.15) is 5.10 Å². The van der Waals surface area contributed by atoms with Gasteiger partial charge in [-0.15, -0.1) is 24.8 Å². The maximum atomic E-state index is 12.6. The zero-order valence-corrected chi connectivity index (χ0v) is 14.3. The van der Waals surface area contributed by atoms with Gasteiger partial charge in [-0.3, -0.25) is 9.48 Å². The molecule has 2 atom stereocenters. The van der Waals surface area contributed by atoms with Crippen LogP contribution in [0.3, 0.4) is 0 Å². The van der Waals surface area contributed by atoms with Crippen LogP contribution in [0.4, 0.5) is 0 Å². The smallest absolute Gasteiger partial charge is 0.226 e. The molecule has 1 fully saturated rings. The Balaban J connectivity index is 0.00000200. The summed E-state index contributed by atoms with van der Waals surface area (Å²) in [6.45, 7) is 4.04. The van der Waals surface area contributed by atoms with Crippen LogP contribution in [0.15, 0.2) is 12.4 Å². The number of aromatic nitrogens is 2. The lowest BCUT2D eigenvalue weighted by Gasteiger charge is -2.26. The number of carbonyl (C=O) groups is 1. The van der Waals surface area contributed by atoms with Crippen molar-refractivity contribution in [3.8, 4) is 0 Å². The lowest BCUT2D eigenvalue weighted by Crippen LogP contribution is -2.38. The molecule has 1 aliphatic rings. The third-order valence-electron chi connectivity index (χ3n) is 4.10. The minimum Gasteiger partial charge on any atom is -0.338 e. The van der Waals surface area contributed by atoms with Crippen LogP contribution < -0.4 is 5.73 Å². The third kappa shape index (κ3) is 4.87. The number of hydrogen-bond donors (Lipinski definition) is 1. The molecule has 0 aliphatic heterocycles. The molecule has 2 N–H and O–H groups in total. The summed E-state index contributed by atoms with van der Waals surface area (Å²) in [5.74, 6) is 0.761. The van der Waals surface area contributed by atoms with Crippen LogP contribution in [0.25, 0.3) is 0 Å². The summed E-state index contributed by atoms with van der Waals surface area (Å²) in [5.41, 5.74) is 6.86. The quantitative estimate of drug-likeness (QED) is 0.894. The zero-order chi connectivity index (χ0) is 13.8. The molecular formula is C14H26Cl2N4O. The highest BCUT2D eigenvalue weighted by atomic mass is 35.5. The molecule has 0 bridgehead atoms. The first-order chi connectivity index (χ1) is 9.15.